The van der Waals surface area contributed by atoms with Gasteiger partial charge in [-0.2, -0.15) is 0 Å². The molecule has 0 aliphatic carbocycles. The lowest BCUT2D eigenvalue weighted by atomic mass is 9.95. The highest BCUT2D eigenvalue weighted by Crippen LogP contribution is 2.34. The van der Waals surface area contributed by atoms with Gasteiger partial charge in [-0.25, -0.2) is 0 Å². The molecule has 1 atom stereocenters. The molecule has 5 nitrogen and oxygen atoms in total. The molecule has 0 saturated heterocycles. The molecule has 1 aromatic heterocycles. The van der Waals surface area contributed by atoms with Crippen LogP contribution in [0.2, 0.25) is 0 Å². The van der Waals surface area contributed by atoms with Crippen LogP contribution in [0.3, 0.4) is 0 Å². The number of rotatable bonds is 7. The average molecular weight is 317 g/mol. The molecule has 1 unspecified atom stereocenters. The van der Waals surface area contributed by atoms with Gasteiger partial charge in [-0.1, -0.05) is 13.8 Å². The predicted octanol–water partition coefficient (Wildman–Crippen LogP) is 3.74. The van der Waals surface area contributed by atoms with Gasteiger partial charge in [-0.3, -0.25) is 4.79 Å². The van der Waals surface area contributed by atoms with Crippen molar-refractivity contribution in [2.24, 2.45) is 0 Å². The van der Waals surface area contributed by atoms with Crippen LogP contribution in [0.4, 0.5) is 0 Å². The van der Waals surface area contributed by atoms with Gasteiger partial charge in [0.2, 0.25) is 0 Å². The molecular formula is C18H23NO4. The molecule has 0 aliphatic heterocycles. The topological polar surface area (TPSA) is 60.7 Å². The molecule has 124 valence electrons. The van der Waals surface area contributed by atoms with Crippen molar-refractivity contribution in [1.82, 2.24) is 5.32 Å². The third-order valence-corrected chi connectivity index (χ3v) is 3.86. The Hall–Kier alpha value is -2.43. The molecule has 5 heteroatoms. The Morgan fingerprint density at radius 2 is 1.91 bits per heavy atom. The van der Waals surface area contributed by atoms with Crippen molar-refractivity contribution < 1.29 is 18.7 Å². The summed E-state index contributed by atoms with van der Waals surface area (Å²) >= 11 is 0. The number of hydrogen-bond donors (Lipinski definition) is 1. The Morgan fingerprint density at radius 3 is 2.43 bits per heavy atom. The van der Waals surface area contributed by atoms with E-state index >= 15 is 0 Å². The van der Waals surface area contributed by atoms with Crippen molar-refractivity contribution in [3.63, 3.8) is 0 Å². The van der Waals surface area contributed by atoms with E-state index in [9.17, 15) is 4.79 Å². The van der Waals surface area contributed by atoms with E-state index in [1.54, 1.807) is 26.4 Å². The van der Waals surface area contributed by atoms with Gasteiger partial charge in [-0.15, -0.1) is 0 Å². The second-order valence-corrected chi connectivity index (χ2v) is 5.17. The van der Waals surface area contributed by atoms with Crippen LogP contribution in [0.1, 0.15) is 48.0 Å². The number of aryl methyl sites for hydroxylation is 1. The Balaban J connectivity index is 2.34. The van der Waals surface area contributed by atoms with Gasteiger partial charge in [-0.05, 0) is 48.2 Å². The fraction of sp³-hybridized carbons (Fsp3) is 0.389. The van der Waals surface area contributed by atoms with Crippen molar-refractivity contribution in [2.45, 2.75) is 32.7 Å². The lowest BCUT2D eigenvalue weighted by Gasteiger charge is -2.22. The molecule has 1 N–H and O–H groups in total. The summed E-state index contributed by atoms with van der Waals surface area (Å²) in [6, 6.07) is 7.13. The van der Waals surface area contributed by atoms with Crippen LogP contribution in [0, 0.1) is 0 Å². The number of ether oxygens (including phenoxy) is 2. The van der Waals surface area contributed by atoms with E-state index in [1.165, 1.54) is 6.26 Å². The maximum atomic E-state index is 12.3. The summed E-state index contributed by atoms with van der Waals surface area (Å²) in [6.07, 6.45) is 3.08. The van der Waals surface area contributed by atoms with Gasteiger partial charge in [0.25, 0.3) is 5.91 Å². The number of methoxy groups -OCH3 is 2. The maximum absolute atomic E-state index is 12.3. The molecule has 1 heterocycles. The molecule has 1 aromatic carbocycles. The lowest BCUT2D eigenvalue weighted by Crippen LogP contribution is -2.28. The summed E-state index contributed by atoms with van der Waals surface area (Å²) in [4.78, 5) is 12.3. The summed E-state index contributed by atoms with van der Waals surface area (Å²) < 4.78 is 15.9. The molecule has 0 bridgehead atoms. The summed E-state index contributed by atoms with van der Waals surface area (Å²) in [6.45, 7) is 4.11. The van der Waals surface area contributed by atoms with Crippen molar-refractivity contribution in [3.8, 4) is 11.5 Å². The van der Waals surface area contributed by atoms with E-state index in [0.717, 1.165) is 24.0 Å². The molecule has 23 heavy (non-hydrogen) atoms. The Morgan fingerprint density at radius 1 is 1.22 bits per heavy atom. The molecule has 0 radical (unpaired) electrons. The second kappa shape index (κ2) is 7.72. The zero-order valence-corrected chi connectivity index (χ0v) is 14.0. The lowest BCUT2D eigenvalue weighted by molar-refractivity contribution is 0.0907. The summed E-state index contributed by atoms with van der Waals surface area (Å²) in [7, 11) is 3.22. The van der Waals surface area contributed by atoms with Gasteiger partial charge in [0.15, 0.2) is 17.3 Å². The molecule has 0 spiro atoms. The van der Waals surface area contributed by atoms with Crippen molar-refractivity contribution in [3.05, 3.63) is 47.4 Å². The number of benzene rings is 1. The van der Waals surface area contributed by atoms with Crippen LogP contribution in [0.5, 0.6) is 11.5 Å². The Labute approximate surface area is 136 Å². The van der Waals surface area contributed by atoms with Crippen molar-refractivity contribution in [2.75, 3.05) is 14.2 Å². The number of nitrogens with one attached hydrogen (secondary N) is 1. The summed E-state index contributed by atoms with van der Waals surface area (Å²) in [5.41, 5.74) is 2.15. The monoisotopic (exact) mass is 317 g/mol. The van der Waals surface area contributed by atoms with Crippen LogP contribution >= 0.6 is 0 Å². The zero-order chi connectivity index (χ0) is 16.8. The fourth-order valence-corrected chi connectivity index (χ4v) is 2.60. The third-order valence-electron chi connectivity index (χ3n) is 3.86. The van der Waals surface area contributed by atoms with Crippen LogP contribution in [0.15, 0.2) is 34.9 Å². The molecule has 0 saturated carbocycles. The van der Waals surface area contributed by atoms with Crippen molar-refractivity contribution >= 4 is 5.91 Å². The number of carbonyl (C=O) groups is 1. The largest absolute Gasteiger partial charge is 0.493 e. The first kappa shape index (κ1) is 16.9. The molecule has 0 fully saturated rings. The van der Waals surface area contributed by atoms with E-state index < -0.39 is 0 Å². The van der Waals surface area contributed by atoms with Crippen LogP contribution < -0.4 is 14.8 Å². The summed E-state index contributed by atoms with van der Waals surface area (Å²) in [5, 5.41) is 3.02. The Kier molecular flexibility index (Phi) is 5.68. The standard InChI is InChI=1S/C18H23NO4/c1-5-12-10-16(21-3)17(22-4)11-13(12)14(6-2)19-18(20)15-8-7-9-23-15/h7-11,14H,5-6H2,1-4H3,(H,19,20). The highest BCUT2D eigenvalue weighted by atomic mass is 16.5. The molecule has 1 amide bonds. The zero-order valence-electron chi connectivity index (χ0n) is 14.0. The minimum atomic E-state index is -0.223. The van der Waals surface area contributed by atoms with Crippen molar-refractivity contribution in [1.29, 1.82) is 0 Å². The van der Waals surface area contributed by atoms with E-state index in [-0.39, 0.29) is 11.9 Å². The highest BCUT2D eigenvalue weighted by Gasteiger charge is 2.20. The molecular weight excluding hydrogens is 294 g/mol. The minimum absolute atomic E-state index is 0.123. The van der Waals surface area contributed by atoms with Crippen LogP contribution in [-0.4, -0.2) is 20.1 Å². The van der Waals surface area contributed by atoms with Crippen LogP contribution in [-0.2, 0) is 6.42 Å². The smallest absolute Gasteiger partial charge is 0.287 e. The fourth-order valence-electron chi connectivity index (χ4n) is 2.60. The second-order valence-electron chi connectivity index (χ2n) is 5.17. The third kappa shape index (κ3) is 3.67. The summed E-state index contributed by atoms with van der Waals surface area (Å²) in [5.74, 6) is 1.44. The number of hydrogen-bond acceptors (Lipinski definition) is 4. The first-order chi connectivity index (χ1) is 11.1. The van der Waals surface area contributed by atoms with Gasteiger partial charge < -0.3 is 19.2 Å². The molecule has 0 aliphatic rings. The van der Waals surface area contributed by atoms with Gasteiger partial charge >= 0.3 is 0 Å². The Bertz CT molecular complexity index is 649. The quantitative estimate of drug-likeness (QED) is 0.845. The van der Waals surface area contributed by atoms with Gasteiger partial charge in [0.1, 0.15) is 0 Å². The van der Waals surface area contributed by atoms with E-state index in [0.29, 0.717) is 17.3 Å². The SMILES string of the molecule is CCc1cc(OC)c(OC)cc1C(CC)NC(=O)c1ccco1. The van der Waals surface area contributed by atoms with Gasteiger partial charge in [0.05, 0.1) is 26.5 Å². The first-order valence-corrected chi connectivity index (χ1v) is 7.73. The first-order valence-electron chi connectivity index (χ1n) is 7.73. The highest BCUT2D eigenvalue weighted by molar-refractivity contribution is 5.91. The van der Waals surface area contributed by atoms with E-state index in [2.05, 4.69) is 12.2 Å². The molecule has 2 aromatic rings. The number of furan rings is 1. The van der Waals surface area contributed by atoms with Crippen LogP contribution in [0.25, 0.3) is 0 Å². The average Bonchev–Trinajstić information content (AvgIpc) is 3.13. The van der Waals surface area contributed by atoms with E-state index in [1.807, 2.05) is 19.1 Å². The van der Waals surface area contributed by atoms with Gasteiger partial charge in [0, 0.05) is 0 Å². The molecule has 2 rings (SSSR count). The number of carbonyl (C=O) groups excluding carboxylic acids is 1. The maximum Gasteiger partial charge on any atom is 0.287 e. The number of amides is 1. The predicted molar refractivity (Wildman–Crippen MR) is 88.1 cm³/mol. The minimum Gasteiger partial charge on any atom is -0.493 e. The normalized spacial score (nSPS) is 11.8. The van der Waals surface area contributed by atoms with E-state index in [4.69, 9.17) is 13.9 Å².